The molecule has 1 fully saturated rings. The number of carbonyl (C=O) groups excluding carboxylic acids is 3. The first-order valence-electron chi connectivity index (χ1n) is 7.20. The molecule has 1 N–H and O–H groups in total. The smallest absolute Gasteiger partial charge is 0.316 e. The second-order valence-corrected chi connectivity index (χ2v) is 6.31. The van der Waals surface area contributed by atoms with E-state index in [2.05, 4.69) is 0 Å². The summed E-state index contributed by atoms with van der Waals surface area (Å²) in [4.78, 5) is 36.0. The van der Waals surface area contributed by atoms with Gasteiger partial charge in [-0.2, -0.15) is 0 Å². The minimum atomic E-state index is -1.50. The third kappa shape index (κ3) is 4.52. The average Bonchev–Trinajstić information content (AvgIpc) is 2.24. The Bertz CT molecular complexity index is 416. The molecule has 3 atom stereocenters. The first-order valence-corrected chi connectivity index (χ1v) is 7.20. The van der Waals surface area contributed by atoms with Gasteiger partial charge >= 0.3 is 11.9 Å². The van der Waals surface area contributed by atoms with Crippen LogP contribution in [0, 0.1) is 11.8 Å². The first kappa shape index (κ1) is 17.6. The normalized spacial score (nSPS) is 29.6. The molecule has 0 spiro atoms. The second-order valence-electron chi connectivity index (χ2n) is 6.31. The van der Waals surface area contributed by atoms with E-state index in [0.717, 1.165) is 0 Å². The Morgan fingerprint density at radius 3 is 2.10 bits per heavy atom. The lowest BCUT2D eigenvalue weighted by Crippen LogP contribution is -2.51. The van der Waals surface area contributed by atoms with E-state index in [1.54, 1.807) is 27.7 Å². The molecule has 0 aromatic carbocycles. The van der Waals surface area contributed by atoms with Crippen molar-refractivity contribution < 1.29 is 29.0 Å². The van der Waals surface area contributed by atoms with E-state index in [9.17, 15) is 19.5 Å². The van der Waals surface area contributed by atoms with Crippen molar-refractivity contribution in [2.45, 2.75) is 65.3 Å². The van der Waals surface area contributed by atoms with Crippen molar-refractivity contribution >= 4 is 17.7 Å². The first-order chi connectivity index (χ1) is 9.54. The number of esters is 2. The quantitative estimate of drug-likeness (QED) is 0.620. The topological polar surface area (TPSA) is 89.9 Å². The van der Waals surface area contributed by atoms with E-state index in [4.69, 9.17) is 9.47 Å². The maximum atomic E-state index is 12.1. The molecule has 1 aliphatic rings. The van der Waals surface area contributed by atoms with Gasteiger partial charge in [-0.05, 0) is 41.0 Å². The van der Waals surface area contributed by atoms with Gasteiger partial charge in [0.1, 0.15) is 11.7 Å². The molecule has 120 valence electrons. The lowest BCUT2D eigenvalue weighted by Gasteiger charge is -2.37. The van der Waals surface area contributed by atoms with E-state index in [1.807, 2.05) is 0 Å². The van der Waals surface area contributed by atoms with Gasteiger partial charge in [-0.3, -0.25) is 14.4 Å². The molecule has 1 saturated carbocycles. The predicted octanol–water partition coefficient (Wildman–Crippen LogP) is 1.24. The van der Waals surface area contributed by atoms with Crippen LogP contribution in [0.4, 0.5) is 0 Å². The Balaban J connectivity index is 2.90. The minimum Gasteiger partial charge on any atom is -0.463 e. The second kappa shape index (κ2) is 6.56. The summed E-state index contributed by atoms with van der Waals surface area (Å²) in [6.07, 6.45) is -1.01. The standard InChI is InChI=1S/C15H24O6/c1-8(2)20-13(17)10-6-11(14(18)21-9(3)4)15(5,19)7-12(10)16/h8-11,19H,6-7H2,1-5H3. The van der Waals surface area contributed by atoms with Gasteiger partial charge in [-0.15, -0.1) is 0 Å². The highest BCUT2D eigenvalue weighted by Gasteiger charge is 2.50. The molecule has 21 heavy (non-hydrogen) atoms. The van der Waals surface area contributed by atoms with Crippen LogP contribution >= 0.6 is 0 Å². The fraction of sp³-hybridized carbons (Fsp3) is 0.800. The van der Waals surface area contributed by atoms with Crippen LogP contribution in [0.25, 0.3) is 0 Å². The van der Waals surface area contributed by atoms with Gasteiger partial charge < -0.3 is 14.6 Å². The van der Waals surface area contributed by atoms with Crippen molar-refractivity contribution in [2.24, 2.45) is 11.8 Å². The Kier molecular flexibility index (Phi) is 5.50. The van der Waals surface area contributed by atoms with E-state index < -0.39 is 35.2 Å². The summed E-state index contributed by atoms with van der Waals surface area (Å²) < 4.78 is 10.2. The largest absolute Gasteiger partial charge is 0.463 e. The molecular weight excluding hydrogens is 276 g/mol. The third-order valence-electron chi connectivity index (χ3n) is 3.42. The Morgan fingerprint density at radius 1 is 1.14 bits per heavy atom. The van der Waals surface area contributed by atoms with Crippen LogP contribution < -0.4 is 0 Å². The number of ether oxygens (including phenoxy) is 2. The molecule has 0 aliphatic heterocycles. The zero-order chi connectivity index (χ0) is 16.4. The SMILES string of the molecule is CC(C)OC(=O)C1CC(C(=O)OC(C)C)C(C)(O)CC1=O. The van der Waals surface area contributed by atoms with E-state index in [0.29, 0.717) is 0 Å². The van der Waals surface area contributed by atoms with Crippen LogP contribution in [0.3, 0.4) is 0 Å². The van der Waals surface area contributed by atoms with Gasteiger partial charge in [0.15, 0.2) is 0 Å². The fourth-order valence-electron chi connectivity index (χ4n) is 2.43. The number of aliphatic hydroxyl groups is 1. The fourth-order valence-corrected chi connectivity index (χ4v) is 2.43. The van der Waals surface area contributed by atoms with Crippen LogP contribution in [0.15, 0.2) is 0 Å². The Labute approximate surface area is 124 Å². The molecule has 6 nitrogen and oxygen atoms in total. The molecule has 6 heteroatoms. The zero-order valence-corrected chi connectivity index (χ0v) is 13.2. The molecule has 0 bridgehead atoms. The van der Waals surface area contributed by atoms with Crippen LogP contribution in [-0.2, 0) is 23.9 Å². The van der Waals surface area contributed by atoms with Gasteiger partial charge in [0.25, 0.3) is 0 Å². The minimum absolute atomic E-state index is 0.0804. The lowest BCUT2D eigenvalue weighted by atomic mass is 9.71. The molecule has 1 rings (SSSR count). The van der Waals surface area contributed by atoms with Crippen molar-refractivity contribution in [3.05, 3.63) is 0 Å². The number of hydrogen-bond acceptors (Lipinski definition) is 6. The van der Waals surface area contributed by atoms with Gasteiger partial charge in [0, 0.05) is 6.42 Å². The van der Waals surface area contributed by atoms with Crippen LogP contribution in [-0.4, -0.2) is 40.6 Å². The van der Waals surface area contributed by atoms with E-state index in [1.165, 1.54) is 6.92 Å². The molecular formula is C15H24O6. The maximum Gasteiger partial charge on any atom is 0.316 e. The van der Waals surface area contributed by atoms with E-state index in [-0.39, 0.29) is 25.0 Å². The summed E-state index contributed by atoms with van der Waals surface area (Å²) in [5.74, 6) is -3.57. The Hall–Kier alpha value is -1.43. The number of Topliss-reactive ketones (excluding diaryl/α,β-unsaturated/α-hetero) is 1. The van der Waals surface area contributed by atoms with Crippen LogP contribution in [0.2, 0.25) is 0 Å². The monoisotopic (exact) mass is 300 g/mol. The van der Waals surface area contributed by atoms with Gasteiger partial charge in [0.05, 0.1) is 23.7 Å². The highest BCUT2D eigenvalue weighted by atomic mass is 16.5. The molecule has 0 radical (unpaired) electrons. The summed E-state index contributed by atoms with van der Waals surface area (Å²) in [6, 6.07) is 0. The Morgan fingerprint density at radius 2 is 1.62 bits per heavy atom. The van der Waals surface area contributed by atoms with Gasteiger partial charge in [-0.25, -0.2) is 0 Å². The van der Waals surface area contributed by atoms with Crippen LogP contribution in [0.1, 0.15) is 47.5 Å². The zero-order valence-electron chi connectivity index (χ0n) is 13.2. The summed E-state index contributed by atoms with van der Waals surface area (Å²) in [5.41, 5.74) is -1.50. The summed E-state index contributed by atoms with van der Waals surface area (Å²) >= 11 is 0. The summed E-state index contributed by atoms with van der Waals surface area (Å²) in [6.45, 7) is 8.19. The number of rotatable bonds is 4. The molecule has 0 amide bonds. The molecule has 0 saturated heterocycles. The third-order valence-corrected chi connectivity index (χ3v) is 3.42. The average molecular weight is 300 g/mol. The molecule has 0 aromatic heterocycles. The molecule has 1 aliphatic carbocycles. The maximum absolute atomic E-state index is 12.1. The van der Waals surface area contributed by atoms with Crippen molar-refractivity contribution in [3.8, 4) is 0 Å². The van der Waals surface area contributed by atoms with Crippen molar-refractivity contribution in [2.75, 3.05) is 0 Å². The van der Waals surface area contributed by atoms with Crippen molar-refractivity contribution in [3.63, 3.8) is 0 Å². The van der Waals surface area contributed by atoms with Gasteiger partial charge in [-0.1, -0.05) is 0 Å². The highest BCUT2D eigenvalue weighted by Crippen LogP contribution is 2.36. The van der Waals surface area contributed by atoms with Crippen molar-refractivity contribution in [1.82, 2.24) is 0 Å². The number of carbonyl (C=O) groups is 3. The molecule has 0 aromatic rings. The summed E-state index contributed by atoms with van der Waals surface area (Å²) in [5, 5.41) is 10.3. The van der Waals surface area contributed by atoms with E-state index >= 15 is 0 Å². The molecule has 0 heterocycles. The number of ketones is 1. The molecule has 3 unspecified atom stereocenters. The summed E-state index contributed by atoms with van der Waals surface area (Å²) in [7, 11) is 0. The highest BCUT2D eigenvalue weighted by molar-refractivity contribution is 6.01. The lowest BCUT2D eigenvalue weighted by molar-refractivity contribution is -0.173. The van der Waals surface area contributed by atoms with Gasteiger partial charge in [0.2, 0.25) is 0 Å². The number of hydrogen-bond donors (Lipinski definition) is 1. The predicted molar refractivity (Wildman–Crippen MR) is 74.3 cm³/mol. The van der Waals surface area contributed by atoms with Crippen LogP contribution in [0.5, 0.6) is 0 Å². The van der Waals surface area contributed by atoms with Crippen molar-refractivity contribution in [1.29, 1.82) is 0 Å².